The molecule has 1 aliphatic rings. The van der Waals surface area contributed by atoms with E-state index in [2.05, 4.69) is 20.5 Å². The highest BCUT2D eigenvalue weighted by Gasteiger charge is 2.13. The van der Waals surface area contributed by atoms with Crippen LogP contribution in [0.5, 0.6) is 0 Å². The number of carbonyl (C=O) groups is 1. The minimum absolute atomic E-state index is 0.102. The van der Waals surface area contributed by atoms with Crippen molar-refractivity contribution >= 4 is 28.8 Å². The second kappa shape index (κ2) is 9.61. The molecule has 2 aromatic carbocycles. The van der Waals surface area contributed by atoms with Crippen molar-refractivity contribution in [2.45, 2.75) is 6.54 Å². The zero-order chi connectivity index (χ0) is 22.5. The molecule has 1 amide bonds. The third kappa shape index (κ3) is 5.30. The highest BCUT2D eigenvalue weighted by Crippen LogP contribution is 2.25. The fourth-order valence-corrected chi connectivity index (χ4v) is 3.53. The monoisotopic (exact) mass is 439 g/mol. The van der Waals surface area contributed by atoms with Gasteiger partial charge >= 0.3 is 0 Å². The Bertz CT molecular complexity index is 1100. The molecule has 1 aliphatic heterocycles. The first kappa shape index (κ1) is 21.5. The first-order valence-electron chi connectivity index (χ1n) is 10.2. The molecule has 0 spiro atoms. The number of nitrogens with two attached hydrogens (primary N) is 1. The van der Waals surface area contributed by atoms with Crippen LogP contribution in [-0.4, -0.2) is 37.2 Å². The van der Waals surface area contributed by atoms with Crippen LogP contribution in [0.1, 0.15) is 15.9 Å². The lowest BCUT2D eigenvalue weighted by molar-refractivity contribution is 0.100. The highest BCUT2D eigenvalue weighted by atomic mass is 19.1. The van der Waals surface area contributed by atoms with Crippen LogP contribution in [0.2, 0.25) is 0 Å². The van der Waals surface area contributed by atoms with E-state index < -0.39 is 17.5 Å². The van der Waals surface area contributed by atoms with Gasteiger partial charge in [0, 0.05) is 49.3 Å². The Morgan fingerprint density at radius 2 is 1.84 bits per heavy atom. The summed E-state index contributed by atoms with van der Waals surface area (Å²) in [6.07, 6.45) is 1.37. The maximum atomic E-state index is 13.5. The highest BCUT2D eigenvalue weighted by molar-refractivity contribution is 5.98. The molecule has 0 atom stereocenters. The molecule has 1 saturated heterocycles. The number of benzene rings is 2. The summed E-state index contributed by atoms with van der Waals surface area (Å²) < 4.78 is 32.3. The number of halogens is 2. The number of primary amides is 1. The van der Waals surface area contributed by atoms with E-state index >= 15 is 0 Å². The average Bonchev–Trinajstić information content (AvgIpc) is 2.78. The van der Waals surface area contributed by atoms with Gasteiger partial charge in [0.1, 0.15) is 17.5 Å². The fraction of sp³-hybridized carbons (Fsp3) is 0.217. The van der Waals surface area contributed by atoms with Crippen molar-refractivity contribution in [2.75, 3.05) is 41.8 Å². The zero-order valence-corrected chi connectivity index (χ0v) is 17.3. The van der Waals surface area contributed by atoms with Crippen LogP contribution in [0.15, 0.2) is 54.7 Å². The van der Waals surface area contributed by atoms with Crippen molar-refractivity contribution in [1.29, 1.82) is 0 Å². The molecule has 0 unspecified atom stereocenters. The molecule has 166 valence electrons. The summed E-state index contributed by atoms with van der Waals surface area (Å²) in [5, 5.41) is 6.24. The lowest BCUT2D eigenvalue weighted by atomic mass is 10.1. The number of pyridine rings is 1. The molecule has 4 N–H and O–H groups in total. The Morgan fingerprint density at radius 1 is 1.09 bits per heavy atom. The van der Waals surface area contributed by atoms with Crippen LogP contribution in [0, 0.1) is 11.6 Å². The third-order valence-electron chi connectivity index (χ3n) is 5.07. The zero-order valence-electron chi connectivity index (χ0n) is 17.3. The molecule has 0 radical (unpaired) electrons. The Kier molecular flexibility index (Phi) is 6.46. The first-order valence-corrected chi connectivity index (χ1v) is 10.2. The van der Waals surface area contributed by atoms with Gasteiger partial charge in [-0.05, 0) is 35.9 Å². The van der Waals surface area contributed by atoms with E-state index in [1.165, 1.54) is 18.3 Å². The van der Waals surface area contributed by atoms with Crippen LogP contribution >= 0.6 is 0 Å². The van der Waals surface area contributed by atoms with Gasteiger partial charge in [-0.2, -0.15) is 0 Å². The van der Waals surface area contributed by atoms with Crippen LogP contribution in [0.25, 0.3) is 0 Å². The number of nitrogens with one attached hydrogen (secondary N) is 2. The van der Waals surface area contributed by atoms with Crippen LogP contribution in [0.4, 0.5) is 31.7 Å². The Hall–Kier alpha value is -3.72. The summed E-state index contributed by atoms with van der Waals surface area (Å²) in [5.41, 5.74) is 8.33. The normalized spacial score (nSPS) is 13.6. The van der Waals surface area contributed by atoms with Crippen molar-refractivity contribution in [3.05, 3.63) is 77.5 Å². The molecule has 2 heterocycles. The van der Waals surface area contributed by atoms with E-state index in [9.17, 15) is 13.6 Å². The van der Waals surface area contributed by atoms with E-state index in [-0.39, 0.29) is 12.1 Å². The molecule has 0 aliphatic carbocycles. The van der Waals surface area contributed by atoms with Crippen molar-refractivity contribution < 1.29 is 18.3 Å². The topological polar surface area (TPSA) is 92.5 Å². The lowest BCUT2D eigenvalue weighted by Crippen LogP contribution is -2.36. The van der Waals surface area contributed by atoms with E-state index in [4.69, 9.17) is 10.5 Å². The number of hydrogen-bond acceptors (Lipinski definition) is 6. The van der Waals surface area contributed by atoms with Gasteiger partial charge in [-0.1, -0.05) is 6.07 Å². The Labute approximate surface area is 184 Å². The largest absolute Gasteiger partial charge is 0.380 e. The van der Waals surface area contributed by atoms with Gasteiger partial charge in [0.15, 0.2) is 0 Å². The number of rotatable bonds is 7. The molecule has 0 saturated carbocycles. The van der Waals surface area contributed by atoms with E-state index in [0.29, 0.717) is 30.3 Å². The van der Waals surface area contributed by atoms with E-state index in [0.717, 1.165) is 30.5 Å². The van der Waals surface area contributed by atoms with Gasteiger partial charge in [0.2, 0.25) is 0 Å². The minimum atomic E-state index is -0.672. The number of carbonyl (C=O) groups excluding carboxylic acids is 1. The quantitative estimate of drug-likeness (QED) is 0.521. The molecule has 4 rings (SSSR count). The third-order valence-corrected chi connectivity index (χ3v) is 5.07. The molecule has 1 fully saturated rings. The van der Waals surface area contributed by atoms with E-state index in [1.54, 1.807) is 6.07 Å². The Morgan fingerprint density at radius 3 is 2.56 bits per heavy atom. The predicted octanol–water partition coefficient (Wildman–Crippen LogP) is 3.65. The number of aromatic nitrogens is 1. The summed E-state index contributed by atoms with van der Waals surface area (Å²) in [5.74, 6) is -1.52. The van der Waals surface area contributed by atoms with Gasteiger partial charge < -0.3 is 26.0 Å². The van der Waals surface area contributed by atoms with Gasteiger partial charge in [-0.3, -0.25) is 4.79 Å². The number of ether oxygens (including phenoxy) is 1. The first-order chi connectivity index (χ1) is 15.5. The molecule has 3 aromatic rings. The lowest BCUT2D eigenvalue weighted by Gasteiger charge is -2.29. The van der Waals surface area contributed by atoms with Gasteiger partial charge in [-0.15, -0.1) is 0 Å². The smallest absolute Gasteiger partial charge is 0.252 e. The molecule has 7 nitrogen and oxygen atoms in total. The molecular weight excluding hydrogens is 416 g/mol. The molecule has 9 heteroatoms. The summed E-state index contributed by atoms with van der Waals surface area (Å²) in [7, 11) is 0. The number of hydrogen-bond donors (Lipinski definition) is 3. The maximum Gasteiger partial charge on any atom is 0.252 e. The predicted molar refractivity (Wildman–Crippen MR) is 119 cm³/mol. The summed E-state index contributed by atoms with van der Waals surface area (Å²) in [4.78, 5) is 18.3. The van der Waals surface area contributed by atoms with Crippen molar-refractivity contribution in [3.8, 4) is 0 Å². The second-order valence-electron chi connectivity index (χ2n) is 7.39. The van der Waals surface area contributed by atoms with Gasteiger partial charge in [-0.25, -0.2) is 13.8 Å². The van der Waals surface area contributed by atoms with Crippen molar-refractivity contribution in [1.82, 2.24) is 4.98 Å². The summed E-state index contributed by atoms with van der Waals surface area (Å²) in [6, 6.07) is 12.8. The number of morpholine rings is 1. The van der Waals surface area contributed by atoms with Crippen molar-refractivity contribution in [3.63, 3.8) is 0 Å². The molecular formula is C23H23F2N5O2. The summed E-state index contributed by atoms with van der Waals surface area (Å²) in [6.45, 7) is 3.13. The van der Waals surface area contributed by atoms with Crippen LogP contribution in [-0.2, 0) is 11.3 Å². The summed E-state index contributed by atoms with van der Waals surface area (Å²) >= 11 is 0. The number of amides is 1. The van der Waals surface area contributed by atoms with E-state index in [1.807, 2.05) is 24.3 Å². The number of anilines is 4. The SMILES string of the molecule is NC(=O)c1cnc(Nc2cccc(N3CCOCC3)c2)cc1NCc1cc(F)cc(F)c1. The second-order valence-corrected chi connectivity index (χ2v) is 7.39. The van der Waals surface area contributed by atoms with Gasteiger partial charge in [0.25, 0.3) is 5.91 Å². The fourth-order valence-electron chi connectivity index (χ4n) is 3.53. The maximum absolute atomic E-state index is 13.5. The molecule has 32 heavy (non-hydrogen) atoms. The number of nitrogens with zero attached hydrogens (tertiary/aromatic N) is 2. The average molecular weight is 439 g/mol. The minimum Gasteiger partial charge on any atom is -0.380 e. The van der Waals surface area contributed by atoms with Gasteiger partial charge in [0.05, 0.1) is 24.5 Å². The standard InChI is InChI=1S/C23H23F2N5O2/c24-16-8-15(9-17(25)10-16)13-27-21-12-22(28-14-20(21)23(26)31)29-18-2-1-3-19(11-18)30-4-6-32-7-5-30/h1-3,8-12,14H,4-7,13H2,(H2,26,31)(H2,27,28,29). The van der Waals surface area contributed by atoms with Crippen LogP contribution in [0.3, 0.4) is 0 Å². The molecule has 0 bridgehead atoms. The van der Waals surface area contributed by atoms with Crippen LogP contribution < -0.4 is 21.3 Å². The Balaban J connectivity index is 1.53. The van der Waals surface area contributed by atoms with Crippen molar-refractivity contribution in [2.24, 2.45) is 5.73 Å². The molecule has 1 aromatic heterocycles.